The number of hydrogen-bond acceptors (Lipinski definition) is 5. The summed E-state index contributed by atoms with van der Waals surface area (Å²) in [6.45, 7) is 4.65. The molecular formula is C20H25N3O5S2. The molecule has 2 aromatic carbocycles. The van der Waals surface area contributed by atoms with Gasteiger partial charge >= 0.3 is 0 Å². The van der Waals surface area contributed by atoms with Crippen molar-refractivity contribution in [3.63, 3.8) is 0 Å². The molecule has 1 saturated heterocycles. The zero-order chi connectivity index (χ0) is 21.9. The first-order valence-corrected chi connectivity index (χ1v) is 12.8. The second-order valence-electron chi connectivity index (χ2n) is 6.86. The minimum absolute atomic E-state index is 0.0634. The van der Waals surface area contributed by atoms with Gasteiger partial charge in [0.15, 0.2) is 0 Å². The molecule has 0 bridgehead atoms. The first-order chi connectivity index (χ1) is 14.2. The summed E-state index contributed by atoms with van der Waals surface area (Å²) >= 11 is 0. The van der Waals surface area contributed by atoms with Crippen LogP contribution in [-0.4, -0.2) is 52.4 Å². The van der Waals surface area contributed by atoms with Crippen molar-refractivity contribution < 1.29 is 21.6 Å². The van der Waals surface area contributed by atoms with Crippen molar-refractivity contribution in [2.75, 3.05) is 35.0 Å². The molecule has 1 amide bonds. The second-order valence-corrected chi connectivity index (χ2v) is 10.8. The number of sulfonamides is 2. The topological polar surface area (TPSA) is 104 Å². The fourth-order valence-electron chi connectivity index (χ4n) is 3.35. The molecular weight excluding hydrogens is 426 g/mol. The van der Waals surface area contributed by atoms with Crippen LogP contribution in [0.1, 0.15) is 30.6 Å². The highest BCUT2D eigenvalue weighted by Crippen LogP contribution is 2.25. The summed E-state index contributed by atoms with van der Waals surface area (Å²) in [6, 6.07) is 12.4. The highest BCUT2D eigenvalue weighted by Gasteiger charge is 2.28. The van der Waals surface area contributed by atoms with Crippen molar-refractivity contribution in [2.24, 2.45) is 0 Å². The van der Waals surface area contributed by atoms with Gasteiger partial charge in [-0.05, 0) is 48.9 Å². The lowest BCUT2D eigenvalue weighted by Crippen LogP contribution is -2.30. The number of nitrogens with one attached hydrogen (secondary N) is 1. The van der Waals surface area contributed by atoms with Crippen LogP contribution in [0.15, 0.2) is 53.4 Å². The van der Waals surface area contributed by atoms with E-state index in [0.29, 0.717) is 37.4 Å². The van der Waals surface area contributed by atoms with E-state index in [9.17, 15) is 21.6 Å². The van der Waals surface area contributed by atoms with E-state index in [1.54, 1.807) is 44.2 Å². The number of carbonyl (C=O) groups excluding carboxylic acids is 1. The molecule has 1 N–H and O–H groups in total. The maximum Gasteiger partial charge on any atom is 0.255 e. The van der Waals surface area contributed by atoms with E-state index in [1.165, 1.54) is 26.8 Å². The lowest BCUT2D eigenvalue weighted by molar-refractivity contribution is 0.102. The largest absolute Gasteiger partial charge is 0.322 e. The molecule has 1 aliphatic rings. The Bertz CT molecular complexity index is 1130. The Balaban J connectivity index is 1.77. The van der Waals surface area contributed by atoms with E-state index >= 15 is 0 Å². The summed E-state index contributed by atoms with van der Waals surface area (Å²) in [6.07, 6.45) is 0.591. The van der Waals surface area contributed by atoms with E-state index in [4.69, 9.17) is 0 Å². The Kier molecular flexibility index (Phi) is 6.49. The SMILES string of the molecule is CCN(CC)S(=O)(=O)c1cccc(C(=O)Nc2ccc(N3CCCS3(=O)=O)cc2)c1. The van der Waals surface area contributed by atoms with Gasteiger partial charge in [0.05, 0.1) is 16.3 Å². The Labute approximate surface area is 177 Å². The molecule has 8 nitrogen and oxygen atoms in total. The summed E-state index contributed by atoms with van der Waals surface area (Å²) in [4.78, 5) is 12.7. The maximum atomic E-state index is 12.7. The lowest BCUT2D eigenvalue weighted by atomic mass is 10.2. The van der Waals surface area contributed by atoms with E-state index in [1.807, 2.05) is 0 Å². The monoisotopic (exact) mass is 451 g/mol. The number of nitrogens with zero attached hydrogens (tertiary/aromatic N) is 2. The minimum Gasteiger partial charge on any atom is -0.322 e. The predicted octanol–water partition coefficient (Wildman–Crippen LogP) is 2.51. The third-order valence-electron chi connectivity index (χ3n) is 4.95. The van der Waals surface area contributed by atoms with Gasteiger partial charge in [0.2, 0.25) is 20.0 Å². The van der Waals surface area contributed by atoms with Gasteiger partial charge in [-0.2, -0.15) is 4.31 Å². The van der Waals surface area contributed by atoms with Gasteiger partial charge in [-0.1, -0.05) is 19.9 Å². The zero-order valence-corrected chi connectivity index (χ0v) is 18.5. The molecule has 10 heteroatoms. The van der Waals surface area contributed by atoms with Crippen molar-refractivity contribution in [1.82, 2.24) is 4.31 Å². The van der Waals surface area contributed by atoms with Crippen LogP contribution in [0.2, 0.25) is 0 Å². The number of benzene rings is 2. The molecule has 0 aromatic heterocycles. The third-order valence-corrected chi connectivity index (χ3v) is 8.87. The first-order valence-electron chi connectivity index (χ1n) is 9.71. The maximum absolute atomic E-state index is 12.7. The van der Waals surface area contributed by atoms with E-state index in [2.05, 4.69) is 5.32 Å². The van der Waals surface area contributed by atoms with Gasteiger partial charge in [0.1, 0.15) is 0 Å². The molecule has 0 aliphatic carbocycles. The minimum atomic E-state index is -3.67. The fraction of sp³-hybridized carbons (Fsp3) is 0.350. The number of amides is 1. The van der Waals surface area contributed by atoms with Crippen LogP contribution in [0.5, 0.6) is 0 Å². The summed E-state index contributed by atoms with van der Waals surface area (Å²) < 4.78 is 52.1. The fourth-order valence-corrected chi connectivity index (χ4v) is 6.42. The van der Waals surface area contributed by atoms with E-state index < -0.39 is 26.0 Å². The Hall–Kier alpha value is -2.43. The average molecular weight is 452 g/mol. The number of carbonyl (C=O) groups is 1. The van der Waals surface area contributed by atoms with Crippen LogP contribution in [0, 0.1) is 0 Å². The molecule has 2 aromatic rings. The van der Waals surface area contributed by atoms with E-state index in [-0.39, 0.29) is 16.2 Å². The summed E-state index contributed by atoms with van der Waals surface area (Å²) in [5.74, 6) is -0.314. The lowest BCUT2D eigenvalue weighted by Gasteiger charge is -2.19. The molecule has 0 radical (unpaired) electrons. The van der Waals surface area contributed by atoms with Crippen molar-refractivity contribution in [3.8, 4) is 0 Å². The second kappa shape index (κ2) is 8.75. The van der Waals surface area contributed by atoms with Crippen LogP contribution in [0.3, 0.4) is 0 Å². The third kappa shape index (κ3) is 4.50. The van der Waals surface area contributed by atoms with Crippen LogP contribution in [0.4, 0.5) is 11.4 Å². The first kappa shape index (κ1) is 22.3. The van der Waals surface area contributed by atoms with Gasteiger partial charge in [-0.3, -0.25) is 9.10 Å². The molecule has 1 heterocycles. The van der Waals surface area contributed by atoms with Crippen LogP contribution in [-0.2, 0) is 20.0 Å². The molecule has 0 atom stereocenters. The number of rotatable bonds is 7. The van der Waals surface area contributed by atoms with Gasteiger partial charge in [-0.15, -0.1) is 0 Å². The summed E-state index contributed by atoms with van der Waals surface area (Å²) in [5, 5.41) is 2.72. The van der Waals surface area contributed by atoms with Gasteiger partial charge < -0.3 is 5.32 Å². The quantitative estimate of drug-likeness (QED) is 0.697. The van der Waals surface area contributed by atoms with Gasteiger partial charge in [-0.25, -0.2) is 16.8 Å². The molecule has 30 heavy (non-hydrogen) atoms. The molecule has 0 spiro atoms. The standard InChI is InChI=1S/C20H25N3O5S2/c1-3-22(4-2)30(27,28)19-8-5-7-16(15-19)20(24)21-17-9-11-18(12-10-17)23-13-6-14-29(23,25)26/h5,7-12,15H,3-4,6,13-14H2,1-2H3,(H,21,24). The molecule has 1 aliphatic heterocycles. The zero-order valence-electron chi connectivity index (χ0n) is 16.9. The van der Waals surface area contributed by atoms with Crippen molar-refractivity contribution in [1.29, 1.82) is 0 Å². The smallest absolute Gasteiger partial charge is 0.255 e. The number of anilines is 2. The van der Waals surface area contributed by atoms with Crippen molar-refractivity contribution in [3.05, 3.63) is 54.1 Å². The Morgan fingerprint density at radius 1 is 1.10 bits per heavy atom. The summed E-state index contributed by atoms with van der Waals surface area (Å²) in [7, 11) is -6.93. The molecule has 0 saturated carbocycles. The predicted molar refractivity (Wildman–Crippen MR) is 117 cm³/mol. The van der Waals surface area contributed by atoms with Crippen LogP contribution >= 0.6 is 0 Å². The summed E-state index contributed by atoms with van der Waals surface area (Å²) in [5.41, 5.74) is 1.25. The molecule has 3 rings (SSSR count). The molecule has 0 unspecified atom stereocenters. The molecule has 1 fully saturated rings. The van der Waals surface area contributed by atoms with Crippen molar-refractivity contribution >= 4 is 37.3 Å². The Morgan fingerprint density at radius 2 is 1.77 bits per heavy atom. The normalized spacial score (nSPS) is 16.0. The highest BCUT2D eigenvalue weighted by atomic mass is 32.2. The van der Waals surface area contributed by atoms with Gasteiger partial charge in [0.25, 0.3) is 5.91 Å². The average Bonchev–Trinajstić information content (AvgIpc) is 3.08. The number of hydrogen-bond donors (Lipinski definition) is 1. The Morgan fingerprint density at radius 3 is 2.33 bits per heavy atom. The van der Waals surface area contributed by atoms with Crippen molar-refractivity contribution in [2.45, 2.75) is 25.2 Å². The highest BCUT2D eigenvalue weighted by molar-refractivity contribution is 7.93. The van der Waals surface area contributed by atoms with Gasteiger partial charge in [0, 0.05) is 30.9 Å². The molecule has 162 valence electrons. The van der Waals surface area contributed by atoms with Crippen LogP contribution in [0.25, 0.3) is 0 Å². The van der Waals surface area contributed by atoms with E-state index in [0.717, 1.165) is 0 Å². The van der Waals surface area contributed by atoms with Crippen LogP contribution < -0.4 is 9.62 Å².